The number of hydrogen-bond donors (Lipinski definition) is 1. The molecule has 0 fully saturated rings. The lowest BCUT2D eigenvalue weighted by Gasteiger charge is -2.02. The minimum Gasteiger partial charge on any atom is -0.428 e. The third-order valence-electron chi connectivity index (χ3n) is 6.62. The summed E-state index contributed by atoms with van der Waals surface area (Å²) in [4.78, 5) is 0. The van der Waals surface area contributed by atoms with Gasteiger partial charge in [-0.1, -0.05) is 60.7 Å². The zero-order chi connectivity index (χ0) is 20.0. The van der Waals surface area contributed by atoms with Crippen LogP contribution in [0.2, 0.25) is 0 Å². The van der Waals surface area contributed by atoms with Gasteiger partial charge >= 0.3 is 0 Å². The molecule has 0 bridgehead atoms. The summed E-state index contributed by atoms with van der Waals surface area (Å²) in [5.74, 6) is 0. The van der Waals surface area contributed by atoms with Crippen LogP contribution in [0.25, 0.3) is 65.2 Å². The number of nitrogens with zero attached hydrogens (tertiary/aromatic N) is 2. The van der Waals surface area contributed by atoms with Gasteiger partial charge in [0.25, 0.3) is 0 Å². The zero-order valence-corrected chi connectivity index (χ0v) is 16.4. The van der Waals surface area contributed by atoms with Crippen LogP contribution in [0, 0.1) is 0 Å². The standard InChI is InChI=1S/C27H18N2O/c1-28-22-12-13-23-26(21-14-17-7-2-3-8-18(17)15-24(21)29(23)30)25(22)20-11-10-16-6-4-5-9-19(16)27(20)28/h2-15,30H,1H3. The fourth-order valence-corrected chi connectivity index (χ4v) is 5.25. The van der Waals surface area contributed by atoms with Gasteiger partial charge in [0, 0.05) is 39.5 Å². The Morgan fingerprint density at radius 1 is 0.567 bits per heavy atom. The van der Waals surface area contributed by atoms with Gasteiger partial charge in [0.15, 0.2) is 0 Å². The van der Waals surface area contributed by atoms with Crippen LogP contribution in [0.1, 0.15) is 0 Å². The summed E-state index contributed by atoms with van der Waals surface area (Å²) < 4.78 is 3.63. The van der Waals surface area contributed by atoms with Crippen molar-refractivity contribution in [3.05, 3.63) is 84.9 Å². The van der Waals surface area contributed by atoms with Gasteiger partial charge in [-0.15, -0.1) is 0 Å². The van der Waals surface area contributed by atoms with Gasteiger partial charge in [0.05, 0.1) is 16.6 Å². The summed E-state index contributed by atoms with van der Waals surface area (Å²) in [7, 11) is 2.14. The van der Waals surface area contributed by atoms with E-state index in [1.54, 1.807) is 0 Å². The van der Waals surface area contributed by atoms with Crippen molar-refractivity contribution in [2.24, 2.45) is 7.05 Å². The Hall–Kier alpha value is -3.98. The largest absolute Gasteiger partial charge is 0.428 e. The predicted octanol–water partition coefficient (Wildman–Crippen LogP) is 6.98. The van der Waals surface area contributed by atoms with E-state index in [0.29, 0.717) is 0 Å². The molecule has 3 nitrogen and oxygen atoms in total. The Balaban J connectivity index is 1.80. The summed E-state index contributed by atoms with van der Waals surface area (Å²) in [5, 5.41) is 20.4. The number of rotatable bonds is 0. The number of aryl methyl sites for hydroxylation is 1. The summed E-state index contributed by atoms with van der Waals surface area (Å²) >= 11 is 0. The first-order valence-electron chi connectivity index (χ1n) is 10.2. The fourth-order valence-electron chi connectivity index (χ4n) is 5.25. The Morgan fingerprint density at radius 2 is 1.23 bits per heavy atom. The highest BCUT2D eigenvalue weighted by atomic mass is 16.5. The van der Waals surface area contributed by atoms with Crippen LogP contribution >= 0.6 is 0 Å². The Bertz CT molecular complexity index is 1810. The highest BCUT2D eigenvalue weighted by molar-refractivity contribution is 6.31. The molecule has 0 unspecified atom stereocenters. The molecule has 0 saturated heterocycles. The molecule has 0 aliphatic rings. The smallest absolute Gasteiger partial charge is 0.0886 e. The molecular weight excluding hydrogens is 368 g/mol. The molecule has 0 atom stereocenters. The summed E-state index contributed by atoms with van der Waals surface area (Å²) in [6.45, 7) is 0. The van der Waals surface area contributed by atoms with Crippen molar-refractivity contribution in [2.45, 2.75) is 0 Å². The van der Waals surface area contributed by atoms with Crippen LogP contribution in [0.4, 0.5) is 0 Å². The van der Waals surface area contributed by atoms with Crippen LogP contribution in [-0.2, 0) is 7.05 Å². The van der Waals surface area contributed by atoms with Crippen molar-refractivity contribution in [3.8, 4) is 0 Å². The normalized spacial score (nSPS) is 12.3. The second-order valence-electron chi connectivity index (χ2n) is 8.12. The molecule has 0 amide bonds. The van der Waals surface area contributed by atoms with E-state index in [0.717, 1.165) is 27.2 Å². The second-order valence-corrected chi connectivity index (χ2v) is 8.12. The minimum absolute atomic E-state index is 0.841. The van der Waals surface area contributed by atoms with E-state index in [1.165, 1.54) is 42.7 Å². The lowest BCUT2D eigenvalue weighted by Crippen LogP contribution is -1.89. The predicted molar refractivity (Wildman–Crippen MR) is 126 cm³/mol. The van der Waals surface area contributed by atoms with Crippen molar-refractivity contribution >= 4 is 65.2 Å². The van der Waals surface area contributed by atoms with Crippen molar-refractivity contribution in [1.82, 2.24) is 9.30 Å². The lowest BCUT2D eigenvalue weighted by atomic mass is 10.0. The first kappa shape index (κ1) is 15.9. The lowest BCUT2D eigenvalue weighted by molar-refractivity contribution is 0.213. The Labute approximate surface area is 171 Å². The topological polar surface area (TPSA) is 30.1 Å². The fraction of sp³-hybridized carbons (Fsp3) is 0.0370. The van der Waals surface area contributed by atoms with E-state index in [-0.39, 0.29) is 0 Å². The first-order chi connectivity index (χ1) is 14.7. The SMILES string of the molecule is Cn1c2ccc3c(c4cc5ccccc5cc4n3O)c2c2ccc3ccccc3c21. The molecule has 2 aromatic heterocycles. The molecule has 5 aromatic carbocycles. The first-order valence-corrected chi connectivity index (χ1v) is 10.2. The van der Waals surface area contributed by atoms with Gasteiger partial charge in [-0.2, -0.15) is 4.73 Å². The molecule has 3 heteroatoms. The average Bonchev–Trinajstić information content (AvgIpc) is 3.24. The average molecular weight is 386 g/mol. The van der Waals surface area contributed by atoms with E-state index < -0.39 is 0 Å². The van der Waals surface area contributed by atoms with Crippen LogP contribution in [0.5, 0.6) is 0 Å². The molecule has 30 heavy (non-hydrogen) atoms. The van der Waals surface area contributed by atoms with Crippen LogP contribution < -0.4 is 0 Å². The van der Waals surface area contributed by atoms with Crippen LogP contribution in [-0.4, -0.2) is 14.5 Å². The molecule has 0 aliphatic heterocycles. The second kappa shape index (κ2) is 5.33. The molecular formula is C27H18N2O. The quantitative estimate of drug-likeness (QED) is 0.280. The van der Waals surface area contributed by atoms with E-state index in [9.17, 15) is 5.21 Å². The molecule has 0 saturated carbocycles. The van der Waals surface area contributed by atoms with Gasteiger partial charge < -0.3 is 9.77 Å². The molecule has 1 N–H and O–H groups in total. The highest BCUT2D eigenvalue weighted by Gasteiger charge is 2.19. The number of hydrogen-bond acceptors (Lipinski definition) is 1. The van der Waals surface area contributed by atoms with E-state index in [1.807, 2.05) is 12.1 Å². The monoisotopic (exact) mass is 386 g/mol. The zero-order valence-electron chi connectivity index (χ0n) is 16.4. The summed E-state index contributed by atoms with van der Waals surface area (Å²) in [6.07, 6.45) is 0. The third-order valence-corrected chi connectivity index (χ3v) is 6.62. The molecule has 2 heterocycles. The van der Waals surface area contributed by atoms with Gasteiger partial charge in [-0.3, -0.25) is 0 Å². The van der Waals surface area contributed by atoms with Gasteiger partial charge in [0.2, 0.25) is 0 Å². The maximum atomic E-state index is 11.0. The molecule has 7 aromatic rings. The van der Waals surface area contributed by atoms with Crippen molar-refractivity contribution in [1.29, 1.82) is 0 Å². The number of aromatic nitrogens is 2. The van der Waals surface area contributed by atoms with E-state index >= 15 is 0 Å². The van der Waals surface area contributed by atoms with Crippen LogP contribution in [0.3, 0.4) is 0 Å². The van der Waals surface area contributed by atoms with Crippen LogP contribution in [0.15, 0.2) is 84.9 Å². The van der Waals surface area contributed by atoms with Gasteiger partial charge in [0.1, 0.15) is 0 Å². The maximum Gasteiger partial charge on any atom is 0.0886 e. The summed E-state index contributed by atoms with van der Waals surface area (Å²) in [5.41, 5.74) is 4.09. The van der Waals surface area contributed by atoms with Crippen molar-refractivity contribution < 1.29 is 5.21 Å². The molecule has 7 rings (SSSR count). The van der Waals surface area contributed by atoms with Crippen molar-refractivity contribution in [2.75, 3.05) is 0 Å². The maximum absolute atomic E-state index is 11.0. The Morgan fingerprint density at radius 3 is 2.07 bits per heavy atom. The molecule has 142 valence electrons. The van der Waals surface area contributed by atoms with Gasteiger partial charge in [-0.05, 0) is 40.4 Å². The van der Waals surface area contributed by atoms with Gasteiger partial charge in [-0.25, -0.2) is 0 Å². The minimum atomic E-state index is 0.841. The molecule has 0 spiro atoms. The summed E-state index contributed by atoms with van der Waals surface area (Å²) in [6, 6.07) is 29.7. The highest BCUT2D eigenvalue weighted by Crippen LogP contribution is 2.41. The molecule has 0 radical (unpaired) electrons. The van der Waals surface area contributed by atoms with Crippen molar-refractivity contribution in [3.63, 3.8) is 0 Å². The van der Waals surface area contributed by atoms with E-state index in [4.69, 9.17) is 0 Å². The van der Waals surface area contributed by atoms with E-state index in [2.05, 4.69) is 84.4 Å². The number of benzene rings is 5. The molecule has 0 aliphatic carbocycles. The number of fused-ring (bicyclic) bond motifs is 10. The Kier molecular flexibility index (Phi) is 2.82. The third kappa shape index (κ3) is 1.80.